The van der Waals surface area contributed by atoms with Gasteiger partial charge in [-0.1, -0.05) is 38.1 Å². The molecule has 0 saturated heterocycles. The van der Waals surface area contributed by atoms with Crippen molar-refractivity contribution < 1.29 is 0 Å². The highest BCUT2D eigenvalue weighted by Gasteiger charge is 2.16. The van der Waals surface area contributed by atoms with E-state index in [4.69, 9.17) is 5.73 Å². The molecule has 0 aliphatic carbocycles. The minimum absolute atomic E-state index is 0.236. The second-order valence-electron chi connectivity index (χ2n) is 5.99. The molecule has 3 nitrogen and oxygen atoms in total. The number of nitrogens with two attached hydrogens (primary N) is 1. The second-order valence-corrected chi connectivity index (χ2v) is 6.70. The van der Waals surface area contributed by atoms with Crippen molar-refractivity contribution in [3.05, 3.63) is 52.0 Å². The lowest BCUT2D eigenvalue weighted by molar-refractivity contribution is 0.239. The number of hydrogen-bond acceptors (Lipinski definition) is 4. The zero-order valence-electron chi connectivity index (χ0n) is 13.1. The van der Waals surface area contributed by atoms with Gasteiger partial charge in [0.05, 0.1) is 11.2 Å². The molecule has 0 saturated carbocycles. The summed E-state index contributed by atoms with van der Waals surface area (Å²) in [6.45, 7) is 5.94. The van der Waals surface area contributed by atoms with Crippen molar-refractivity contribution >= 4 is 11.3 Å². The van der Waals surface area contributed by atoms with E-state index in [0.717, 1.165) is 18.7 Å². The van der Waals surface area contributed by atoms with Gasteiger partial charge in [0.2, 0.25) is 0 Å². The van der Waals surface area contributed by atoms with Crippen molar-refractivity contribution in [1.29, 1.82) is 0 Å². The predicted molar refractivity (Wildman–Crippen MR) is 90.4 cm³/mol. The number of likely N-dealkylation sites (N-methyl/N-ethyl adjacent to an activating group) is 1. The lowest BCUT2D eigenvalue weighted by Gasteiger charge is -2.27. The molecule has 0 amide bonds. The molecule has 0 aliphatic heterocycles. The van der Waals surface area contributed by atoms with Crippen molar-refractivity contribution in [2.24, 2.45) is 11.7 Å². The van der Waals surface area contributed by atoms with Crippen LogP contribution in [-0.2, 0) is 13.0 Å². The van der Waals surface area contributed by atoms with Crippen LogP contribution in [-0.4, -0.2) is 23.5 Å². The highest BCUT2D eigenvalue weighted by atomic mass is 32.1. The van der Waals surface area contributed by atoms with E-state index in [9.17, 15) is 0 Å². The second kappa shape index (κ2) is 7.69. The van der Waals surface area contributed by atoms with Crippen LogP contribution in [0.4, 0.5) is 0 Å². The zero-order valence-corrected chi connectivity index (χ0v) is 13.9. The Hall–Kier alpha value is -1.23. The molecule has 1 atom stereocenters. The number of rotatable bonds is 7. The summed E-state index contributed by atoms with van der Waals surface area (Å²) in [6, 6.07) is 9.13. The largest absolute Gasteiger partial charge is 0.329 e. The number of nitrogens with zero attached hydrogens (tertiary/aromatic N) is 2. The Kier molecular flexibility index (Phi) is 5.91. The van der Waals surface area contributed by atoms with Gasteiger partial charge >= 0.3 is 0 Å². The highest BCUT2D eigenvalue weighted by molar-refractivity contribution is 7.07. The van der Waals surface area contributed by atoms with Crippen molar-refractivity contribution in [3.63, 3.8) is 0 Å². The minimum atomic E-state index is 0.236. The molecular formula is C17H25N3S. The van der Waals surface area contributed by atoms with E-state index in [2.05, 4.69) is 60.4 Å². The van der Waals surface area contributed by atoms with Crippen LogP contribution >= 0.6 is 11.3 Å². The third kappa shape index (κ3) is 4.63. The molecule has 0 spiro atoms. The molecular weight excluding hydrogens is 278 g/mol. The van der Waals surface area contributed by atoms with Crippen LogP contribution < -0.4 is 5.73 Å². The molecule has 4 heteroatoms. The first-order valence-corrected chi connectivity index (χ1v) is 8.40. The summed E-state index contributed by atoms with van der Waals surface area (Å²) in [5.41, 5.74) is 11.7. The number of benzene rings is 1. The first-order chi connectivity index (χ1) is 10.1. The van der Waals surface area contributed by atoms with E-state index < -0.39 is 0 Å². The van der Waals surface area contributed by atoms with Gasteiger partial charge in [-0.3, -0.25) is 4.90 Å². The van der Waals surface area contributed by atoms with Crippen LogP contribution in [0.25, 0.3) is 0 Å². The number of aromatic nitrogens is 1. The van der Waals surface area contributed by atoms with Gasteiger partial charge in [0.15, 0.2) is 0 Å². The average molecular weight is 303 g/mol. The molecule has 1 unspecified atom stereocenters. The molecule has 0 fully saturated rings. The molecule has 1 heterocycles. The third-order valence-corrected chi connectivity index (χ3v) is 4.29. The molecule has 2 aromatic rings. The van der Waals surface area contributed by atoms with E-state index >= 15 is 0 Å². The van der Waals surface area contributed by atoms with Crippen LogP contribution in [0.15, 0.2) is 35.2 Å². The van der Waals surface area contributed by atoms with Gasteiger partial charge in [0.25, 0.3) is 0 Å². The van der Waals surface area contributed by atoms with Gasteiger partial charge in [0.1, 0.15) is 0 Å². The standard InChI is InChI=1S/C17H25N3S/c1-13(2)8-14-4-6-15(7-5-14)17(9-18)20(3)10-16-11-21-12-19-16/h4-7,11-13,17H,8-10,18H2,1-3H3. The summed E-state index contributed by atoms with van der Waals surface area (Å²) < 4.78 is 0. The first-order valence-electron chi connectivity index (χ1n) is 7.46. The molecule has 2 N–H and O–H groups in total. The topological polar surface area (TPSA) is 42.1 Å². The monoisotopic (exact) mass is 303 g/mol. The Morgan fingerprint density at radius 1 is 1.24 bits per heavy atom. The van der Waals surface area contributed by atoms with Gasteiger partial charge in [-0.2, -0.15) is 0 Å². The van der Waals surface area contributed by atoms with E-state index in [1.165, 1.54) is 11.1 Å². The highest BCUT2D eigenvalue weighted by Crippen LogP contribution is 2.21. The molecule has 21 heavy (non-hydrogen) atoms. The molecule has 1 aromatic carbocycles. The van der Waals surface area contributed by atoms with E-state index in [-0.39, 0.29) is 6.04 Å². The quantitative estimate of drug-likeness (QED) is 0.851. The van der Waals surface area contributed by atoms with Gasteiger partial charge in [-0.05, 0) is 30.5 Å². The minimum Gasteiger partial charge on any atom is -0.329 e. The van der Waals surface area contributed by atoms with Gasteiger partial charge in [-0.15, -0.1) is 11.3 Å². The van der Waals surface area contributed by atoms with E-state index in [1.807, 2.05) is 5.51 Å². The Bertz CT molecular complexity index is 519. The summed E-state index contributed by atoms with van der Waals surface area (Å²) in [7, 11) is 2.11. The van der Waals surface area contributed by atoms with Gasteiger partial charge < -0.3 is 5.73 Å². The van der Waals surface area contributed by atoms with Crippen molar-refractivity contribution in [3.8, 4) is 0 Å². The van der Waals surface area contributed by atoms with Crippen LogP contribution in [0.1, 0.15) is 36.7 Å². The Balaban J connectivity index is 2.05. The molecule has 1 aromatic heterocycles. The van der Waals surface area contributed by atoms with Crippen molar-refractivity contribution in [2.75, 3.05) is 13.6 Å². The van der Waals surface area contributed by atoms with Crippen LogP contribution in [0.2, 0.25) is 0 Å². The third-order valence-electron chi connectivity index (χ3n) is 3.66. The molecule has 2 rings (SSSR count). The summed E-state index contributed by atoms with van der Waals surface area (Å²) in [5.74, 6) is 0.688. The summed E-state index contributed by atoms with van der Waals surface area (Å²) in [4.78, 5) is 6.62. The molecule has 0 aliphatic rings. The van der Waals surface area contributed by atoms with Gasteiger partial charge in [-0.25, -0.2) is 4.98 Å². The van der Waals surface area contributed by atoms with E-state index in [1.54, 1.807) is 11.3 Å². The van der Waals surface area contributed by atoms with Crippen molar-refractivity contribution in [2.45, 2.75) is 32.9 Å². The summed E-state index contributed by atoms with van der Waals surface area (Å²) in [5, 5.41) is 2.09. The average Bonchev–Trinajstić information content (AvgIpc) is 2.93. The van der Waals surface area contributed by atoms with Crippen LogP contribution in [0, 0.1) is 5.92 Å². The fourth-order valence-electron chi connectivity index (χ4n) is 2.60. The number of hydrogen-bond donors (Lipinski definition) is 1. The van der Waals surface area contributed by atoms with Crippen LogP contribution in [0.5, 0.6) is 0 Å². The maximum Gasteiger partial charge on any atom is 0.0795 e. The number of thiazole rings is 1. The SMILES string of the molecule is CC(C)Cc1ccc(C(CN)N(C)Cc2cscn2)cc1. The smallest absolute Gasteiger partial charge is 0.0795 e. The Morgan fingerprint density at radius 3 is 2.48 bits per heavy atom. The summed E-state index contributed by atoms with van der Waals surface area (Å²) in [6.07, 6.45) is 1.13. The summed E-state index contributed by atoms with van der Waals surface area (Å²) >= 11 is 1.64. The Morgan fingerprint density at radius 2 is 1.95 bits per heavy atom. The maximum absolute atomic E-state index is 5.99. The lowest BCUT2D eigenvalue weighted by atomic mass is 9.99. The normalized spacial score (nSPS) is 13.0. The predicted octanol–water partition coefficient (Wildman–Crippen LogP) is 3.47. The maximum atomic E-state index is 5.99. The van der Waals surface area contributed by atoms with Gasteiger partial charge in [0, 0.05) is 24.5 Å². The lowest BCUT2D eigenvalue weighted by Crippen LogP contribution is -2.30. The van der Waals surface area contributed by atoms with E-state index in [0.29, 0.717) is 12.5 Å². The first kappa shape index (κ1) is 16.1. The fraction of sp³-hybridized carbons (Fsp3) is 0.471. The van der Waals surface area contributed by atoms with Crippen molar-refractivity contribution in [1.82, 2.24) is 9.88 Å². The molecule has 0 bridgehead atoms. The molecule has 114 valence electrons. The molecule has 0 radical (unpaired) electrons. The fourth-order valence-corrected chi connectivity index (χ4v) is 3.15. The van der Waals surface area contributed by atoms with Crippen LogP contribution in [0.3, 0.4) is 0 Å². The Labute approximate surface area is 131 Å². The zero-order chi connectivity index (χ0) is 15.2.